The summed E-state index contributed by atoms with van der Waals surface area (Å²) in [7, 11) is 0. The third-order valence-corrected chi connectivity index (χ3v) is 2.31. The van der Waals surface area contributed by atoms with E-state index in [-0.39, 0.29) is 0 Å². The Labute approximate surface area is 114 Å². The maximum absolute atomic E-state index is 9.00. The number of benzene rings is 2. The zero-order chi connectivity index (χ0) is 13.9. The Morgan fingerprint density at radius 2 is 1.47 bits per heavy atom. The van der Waals surface area contributed by atoms with Crippen molar-refractivity contribution in [3.8, 4) is 0 Å². The van der Waals surface area contributed by atoms with Crippen molar-refractivity contribution in [2.75, 3.05) is 0 Å². The molecular weight excluding hydrogens is 236 g/mol. The van der Waals surface area contributed by atoms with Gasteiger partial charge in [-0.15, -0.1) is 0 Å². The number of rotatable bonds is 3. The van der Waals surface area contributed by atoms with Gasteiger partial charge in [-0.25, -0.2) is 0 Å². The molecule has 0 radical (unpaired) electrons. The summed E-state index contributed by atoms with van der Waals surface area (Å²) in [5, 5.41) is 7.42. The summed E-state index contributed by atoms with van der Waals surface area (Å²) >= 11 is 0. The molecule has 1 N–H and O–H groups in total. The van der Waals surface area contributed by atoms with E-state index in [0.717, 1.165) is 13.3 Å². The number of carboxylic acids is 1. The standard InChI is InChI=1S/C15H14.C2H4O2/c1-3-8-14(9-4-1)12-7-13-15-10-5-2-6-11-15;1-2(3)4/h1-12H,13H2;1H3,(H,3,4). The molecule has 2 heteroatoms. The van der Waals surface area contributed by atoms with Gasteiger partial charge in [0.2, 0.25) is 0 Å². The molecule has 0 fully saturated rings. The van der Waals surface area contributed by atoms with Gasteiger partial charge in [-0.2, -0.15) is 0 Å². The van der Waals surface area contributed by atoms with E-state index < -0.39 is 5.97 Å². The van der Waals surface area contributed by atoms with Crippen molar-refractivity contribution in [2.24, 2.45) is 0 Å². The van der Waals surface area contributed by atoms with Crippen LogP contribution in [0.15, 0.2) is 66.7 Å². The third kappa shape index (κ3) is 7.55. The molecule has 0 amide bonds. The smallest absolute Gasteiger partial charge is 0.300 e. The lowest BCUT2D eigenvalue weighted by molar-refractivity contribution is -0.134. The second-order valence-electron chi connectivity index (χ2n) is 4.02. The van der Waals surface area contributed by atoms with Crippen LogP contribution in [-0.4, -0.2) is 11.1 Å². The summed E-state index contributed by atoms with van der Waals surface area (Å²) in [6.07, 6.45) is 5.35. The molecule has 0 aromatic heterocycles. The van der Waals surface area contributed by atoms with E-state index in [4.69, 9.17) is 9.90 Å². The van der Waals surface area contributed by atoms with Crippen LogP contribution in [-0.2, 0) is 11.2 Å². The number of carbonyl (C=O) groups is 1. The Morgan fingerprint density at radius 3 is 2.00 bits per heavy atom. The Morgan fingerprint density at radius 1 is 1.00 bits per heavy atom. The van der Waals surface area contributed by atoms with Crippen molar-refractivity contribution < 1.29 is 9.90 Å². The van der Waals surface area contributed by atoms with Crippen molar-refractivity contribution in [1.29, 1.82) is 0 Å². The fourth-order valence-corrected chi connectivity index (χ4v) is 1.51. The molecule has 2 aromatic rings. The first-order valence-corrected chi connectivity index (χ1v) is 6.13. The molecule has 0 atom stereocenters. The Hall–Kier alpha value is -2.35. The van der Waals surface area contributed by atoms with E-state index in [9.17, 15) is 0 Å². The molecule has 19 heavy (non-hydrogen) atoms. The largest absolute Gasteiger partial charge is 0.481 e. The SMILES string of the molecule is C(=Cc1ccccc1)Cc1ccccc1.CC(=O)O. The molecule has 0 saturated carbocycles. The van der Waals surface area contributed by atoms with Crippen LogP contribution in [0.2, 0.25) is 0 Å². The fourth-order valence-electron chi connectivity index (χ4n) is 1.51. The molecule has 0 bridgehead atoms. The summed E-state index contributed by atoms with van der Waals surface area (Å²) in [5.74, 6) is -0.833. The van der Waals surface area contributed by atoms with Crippen LogP contribution in [0.4, 0.5) is 0 Å². The molecule has 0 aliphatic carbocycles. The Kier molecular flexibility index (Phi) is 6.73. The number of hydrogen-bond acceptors (Lipinski definition) is 1. The zero-order valence-electron chi connectivity index (χ0n) is 11.0. The molecule has 2 aromatic carbocycles. The lowest BCUT2D eigenvalue weighted by Crippen LogP contribution is -1.78. The Balaban J connectivity index is 0.000000399. The average Bonchev–Trinajstić information content (AvgIpc) is 2.41. The van der Waals surface area contributed by atoms with E-state index in [1.807, 2.05) is 12.1 Å². The minimum atomic E-state index is -0.833. The number of aliphatic carboxylic acids is 1. The fraction of sp³-hybridized carbons (Fsp3) is 0.118. The van der Waals surface area contributed by atoms with Crippen molar-refractivity contribution >= 4 is 12.0 Å². The number of hydrogen-bond donors (Lipinski definition) is 1. The summed E-state index contributed by atoms with van der Waals surface area (Å²) in [6.45, 7) is 1.08. The van der Waals surface area contributed by atoms with Gasteiger partial charge < -0.3 is 5.11 Å². The first kappa shape index (κ1) is 14.7. The Bertz CT molecular complexity index is 497. The summed E-state index contributed by atoms with van der Waals surface area (Å²) in [5.41, 5.74) is 2.61. The molecular formula is C17H18O2. The monoisotopic (exact) mass is 254 g/mol. The predicted octanol–water partition coefficient (Wildman–Crippen LogP) is 4.03. The quantitative estimate of drug-likeness (QED) is 0.897. The average molecular weight is 254 g/mol. The zero-order valence-corrected chi connectivity index (χ0v) is 11.0. The molecule has 0 aliphatic rings. The second-order valence-corrected chi connectivity index (χ2v) is 4.02. The minimum absolute atomic E-state index is 0.833. The molecule has 0 saturated heterocycles. The van der Waals surface area contributed by atoms with Gasteiger partial charge >= 0.3 is 0 Å². The molecule has 98 valence electrons. The van der Waals surface area contributed by atoms with Crippen molar-refractivity contribution in [3.05, 3.63) is 77.9 Å². The van der Waals surface area contributed by atoms with Gasteiger partial charge in [-0.3, -0.25) is 4.79 Å². The molecule has 0 heterocycles. The highest BCUT2D eigenvalue weighted by atomic mass is 16.4. The second kappa shape index (κ2) is 8.70. The minimum Gasteiger partial charge on any atom is -0.481 e. The molecule has 0 spiro atoms. The lowest BCUT2D eigenvalue weighted by atomic mass is 10.1. The normalized spacial score (nSPS) is 9.74. The van der Waals surface area contributed by atoms with Crippen LogP contribution < -0.4 is 0 Å². The highest BCUT2D eigenvalue weighted by Gasteiger charge is 1.86. The summed E-state index contributed by atoms with van der Waals surface area (Å²) in [4.78, 5) is 9.00. The van der Waals surface area contributed by atoms with E-state index >= 15 is 0 Å². The van der Waals surface area contributed by atoms with Gasteiger partial charge in [0.1, 0.15) is 0 Å². The van der Waals surface area contributed by atoms with Crippen LogP contribution in [0.5, 0.6) is 0 Å². The van der Waals surface area contributed by atoms with E-state index in [1.54, 1.807) is 0 Å². The maximum Gasteiger partial charge on any atom is 0.300 e. The first-order valence-electron chi connectivity index (χ1n) is 6.13. The number of carboxylic acid groups (broad SMARTS) is 1. The van der Waals surface area contributed by atoms with Crippen LogP contribution in [0.25, 0.3) is 6.08 Å². The third-order valence-electron chi connectivity index (χ3n) is 2.31. The van der Waals surface area contributed by atoms with E-state index in [0.29, 0.717) is 0 Å². The van der Waals surface area contributed by atoms with Crippen LogP contribution in [0, 0.1) is 0 Å². The first-order chi connectivity index (χ1) is 9.18. The van der Waals surface area contributed by atoms with E-state index in [1.165, 1.54) is 11.1 Å². The molecule has 2 rings (SSSR count). The summed E-state index contributed by atoms with van der Waals surface area (Å²) in [6, 6.07) is 20.9. The highest BCUT2D eigenvalue weighted by Crippen LogP contribution is 2.04. The van der Waals surface area contributed by atoms with E-state index in [2.05, 4.69) is 60.7 Å². The molecule has 0 unspecified atom stereocenters. The van der Waals surface area contributed by atoms with Crippen molar-refractivity contribution in [1.82, 2.24) is 0 Å². The predicted molar refractivity (Wildman–Crippen MR) is 78.9 cm³/mol. The maximum atomic E-state index is 9.00. The topological polar surface area (TPSA) is 37.3 Å². The van der Waals surface area contributed by atoms with Gasteiger partial charge in [0.25, 0.3) is 5.97 Å². The van der Waals surface area contributed by atoms with Gasteiger partial charge in [0.15, 0.2) is 0 Å². The van der Waals surface area contributed by atoms with Crippen LogP contribution >= 0.6 is 0 Å². The van der Waals surface area contributed by atoms with Crippen molar-refractivity contribution in [2.45, 2.75) is 13.3 Å². The highest BCUT2D eigenvalue weighted by molar-refractivity contribution is 5.62. The lowest BCUT2D eigenvalue weighted by Gasteiger charge is -1.94. The summed E-state index contributed by atoms with van der Waals surface area (Å²) < 4.78 is 0. The molecule has 0 aliphatic heterocycles. The number of allylic oxidation sites excluding steroid dienone is 1. The van der Waals surface area contributed by atoms with Gasteiger partial charge in [0, 0.05) is 6.92 Å². The van der Waals surface area contributed by atoms with Crippen LogP contribution in [0.1, 0.15) is 18.1 Å². The molecule has 2 nitrogen and oxygen atoms in total. The van der Waals surface area contributed by atoms with Gasteiger partial charge in [0.05, 0.1) is 0 Å². The van der Waals surface area contributed by atoms with Gasteiger partial charge in [-0.1, -0.05) is 72.8 Å². The van der Waals surface area contributed by atoms with Crippen LogP contribution in [0.3, 0.4) is 0 Å². The van der Waals surface area contributed by atoms with Crippen molar-refractivity contribution in [3.63, 3.8) is 0 Å². The van der Waals surface area contributed by atoms with Gasteiger partial charge in [-0.05, 0) is 17.5 Å².